The van der Waals surface area contributed by atoms with Crippen LogP contribution in [0.2, 0.25) is 0 Å². The molecule has 480 valence electrons. The van der Waals surface area contributed by atoms with Crippen molar-refractivity contribution in [2.24, 2.45) is 34.8 Å². The van der Waals surface area contributed by atoms with Gasteiger partial charge >= 0.3 is 59.7 Å². The first-order chi connectivity index (χ1) is 38.5. The molecule has 27 heteroatoms. The fourth-order valence-corrected chi connectivity index (χ4v) is 8.35. The number of halogens is 17. The first-order valence-electron chi connectivity index (χ1n) is 26.5. The van der Waals surface area contributed by atoms with Crippen molar-refractivity contribution in [3.63, 3.8) is 0 Å². The van der Waals surface area contributed by atoms with Crippen LogP contribution in [-0.2, 0) is 37.0 Å². The quantitative estimate of drug-likeness (QED) is 0.0307. The van der Waals surface area contributed by atoms with E-state index in [1.807, 2.05) is 76.3 Å². The molecule has 0 fully saturated rings. The number of hydrogen-bond acceptors (Lipinski definition) is 9. The second-order valence-electron chi connectivity index (χ2n) is 21.2. The van der Waals surface area contributed by atoms with E-state index in [0.29, 0.717) is 49.2 Å². The summed E-state index contributed by atoms with van der Waals surface area (Å²) in [6.07, 6.45) is -0.407. The topological polar surface area (TPSA) is 125 Å². The minimum Gasteiger partial charge on any atom is -0.494 e. The molecule has 2 N–H and O–H groups in total. The minimum atomic E-state index is -8.70. The van der Waals surface area contributed by atoms with Gasteiger partial charge in [0.15, 0.2) is 11.5 Å². The van der Waals surface area contributed by atoms with Crippen LogP contribution in [0.5, 0.6) is 17.2 Å². The van der Waals surface area contributed by atoms with Gasteiger partial charge in [0.05, 0.1) is 58.3 Å². The molecule has 2 aromatic carbocycles. The number of primary amides is 1. The largest absolute Gasteiger partial charge is 0.494 e. The van der Waals surface area contributed by atoms with E-state index in [0.717, 1.165) is 5.56 Å². The first kappa shape index (κ1) is 74.6. The molecule has 0 aromatic heterocycles. The third kappa shape index (κ3) is 18.8. The van der Waals surface area contributed by atoms with E-state index in [9.17, 15) is 84.2 Å². The highest BCUT2D eigenvalue weighted by Crippen LogP contribution is 2.64. The van der Waals surface area contributed by atoms with Crippen molar-refractivity contribution in [2.45, 2.75) is 179 Å². The molecule has 0 saturated carbocycles. The zero-order chi connectivity index (χ0) is 64.5. The SMILES string of the molecule is CC/C=C\[C@H](C)[C@H](OC(N)=O)[C@@H](C)[C@@H](CC/C=C\[C@H](C)[C@@H](OCc1ccc(OC)c(OC)c1)[C@@H](C)/C=C\CCCOC(=O)C(C)(C)C)OCc1ccc(OCCCC(F)(F)C(F)(F)C(F)(F)C(F)(F)C(F)(F)C(F)(F)C(F)(F)C(F)(F)F)cc1. The smallest absolute Gasteiger partial charge is 0.460 e. The summed E-state index contributed by atoms with van der Waals surface area (Å²) in [4.78, 5) is 24.4. The molecular weight excluding hydrogens is 1170 g/mol. The van der Waals surface area contributed by atoms with Crippen molar-refractivity contribution in [3.05, 3.63) is 90.0 Å². The summed E-state index contributed by atoms with van der Waals surface area (Å²) in [5, 5.41) is 0. The van der Waals surface area contributed by atoms with Gasteiger partial charge in [-0.1, -0.05) is 89.3 Å². The van der Waals surface area contributed by atoms with Gasteiger partial charge in [0.2, 0.25) is 0 Å². The molecule has 2 aromatic rings. The second kappa shape index (κ2) is 30.7. The van der Waals surface area contributed by atoms with E-state index in [1.165, 1.54) is 38.5 Å². The highest BCUT2D eigenvalue weighted by atomic mass is 19.4. The Bertz CT molecular complexity index is 2450. The molecule has 0 radical (unpaired) electrons. The van der Waals surface area contributed by atoms with Crippen LogP contribution in [-0.4, -0.2) is 105 Å². The number of carbonyl (C=O) groups is 2. The highest BCUT2D eigenvalue weighted by Gasteiger charge is 2.95. The zero-order valence-electron chi connectivity index (χ0n) is 48.0. The Morgan fingerprint density at radius 3 is 1.57 bits per heavy atom. The van der Waals surface area contributed by atoms with Crippen LogP contribution < -0.4 is 19.9 Å². The normalized spacial score (nSPS) is 16.3. The van der Waals surface area contributed by atoms with E-state index >= 15 is 0 Å². The molecule has 0 heterocycles. The van der Waals surface area contributed by atoms with Crippen LogP contribution in [0.1, 0.15) is 111 Å². The lowest BCUT2D eigenvalue weighted by Crippen LogP contribution is -2.74. The van der Waals surface area contributed by atoms with Gasteiger partial charge in [-0.05, 0) is 94.7 Å². The molecular formula is C57H74F17NO9. The number of amides is 1. The number of carbonyl (C=O) groups excluding carboxylic acids is 2. The Kier molecular flexibility index (Phi) is 27.3. The molecule has 0 spiro atoms. The molecule has 0 aliphatic carbocycles. The second-order valence-corrected chi connectivity index (χ2v) is 21.2. The summed E-state index contributed by atoms with van der Waals surface area (Å²) in [7, 11) is 3.04. The van der Waals surface area contributed by atoms with Gasteiger partial charge in [-0.3, -0.25) is 4.79 Å². The molecule has 0 aliphatic heterocycles. The molecule has 10 nitrogen and oxygen atoms in total. The van der Waals surface area contributed by atoms with E-state index in [2.05, 4.69) is 0 Å². The maximum Gasteiger partial charge on any atom is 0.460 e. The van der Waals surface area contributed by atoms with Crippen LogP contribution in [0, 0.1) is 29.1 Å². The maximum atomic E-state index is 14.5. The van der Waals surface area contributed by atoms with Gasteiger partial charge in [0.25, 0.3) is 0 Å². The first-order valence-corrected chi connectivity index (χ1v) is 26.5. The summed E-state index contributed by atoms with van der Waals surface area (Å²) in [6, 6.07) is 10.6. The number of benzene rings is 2. The van der Waals surface area contributed by atoms with Crippen molar-refractivity contribution < 1.29 is 117 Å². The lowest BCUT2D eigenvalue weighted by molar-refractivity contribution is -0.461. The van der Waals surface area contributed by atoms with Gasteiger partial charge in [-0.2, -0.15) is 74.6 Å². The molecule has 2 rings (SSSR count). The number of methoxy groups -OCH3 is 2. The lowest BCUT2D eigenvalue weighted by atomic mass is 9.86. The van der Waals surface area contributed by atoms with Crippen molar-refractivity contribution in [3.8, 4) is 17.2 Å². The van der Waals surface area contributed by atoms with Crippen molar-refractivity contribution in [2.75, 3.05) is 27.4 Å². The van der Waals surface area contributed by atoms with E-state index in [-0.39, 0.29) is 55.4 Å². The molecule has 0 bridgehead atoms. The number of allylic oxidation sites excluding steroid dienone is 3. The van der Waals surface area contributed by atoms with Crippen LogP contribution in [0.25, 0.3) is 0 Å². The van der Waals surface area contributed by atoms with Gasteiger partial charge in [0, 0.05) is 30.1 Å². The molecule has 1 amide bonds. The Hall–Kier alpha value is -5.47. The average molecular weight is 1240 g/mol. The monoisotopic (exact) mass is 1240 g/mol. The van der Waals surface area contributed by atoms with Crippen LogP contribution in [0.3, 0.4) is 0 Å². The number of rotatable bonds is 36. The average Bonchev–Trinajstić information content (AvgIpc) is 2.29. The summed E-state index contributed by atoms with van der Waals surface area (Å²) < 4.78 is 273. The highest BCUT2D eigenvalue weighted by molar-refractivity contribution is 5.75. The molecule has 84 heavy (non-hydrogen) atoms. The third-order valence-corrected chi connectivity index (χ3v) is 13.4. The number of ether oxygens (including phenoxy) is 7. The predicted octanol–water partition coefficient (Wildman–Crippen LogP) is 16.6. The van der Waals surface area contributed by atoms with Crippen LogP contribution >= 0.6 is 0 Å². The molecule has 0 saturated heterocycles. The summed E-state index contributed by atoms with van der Waals surface area (Å²) in [6.45, 7) is 14.0. The number of nitrogens with two attached hydrogens (primary N) is 1. The number of esters is 1. The summed E-state index contributed by atoms with van der Waals surface area (Å²) in [5.41, 5.74) is 6.12. The number of unbranched alkanes of at least 4 members (excludes halogenated alkanes) is 1. The summed E-state index contributed by atoms with van der Waals surface area (Å²) in [5.74, 6) is -57.4. The zero-order valence-corrected chi connectivity index (χ0v) is 48.0. The predicted molar refractivity (Wildman–Crippen MR) is 276 cm³/mol. The van der Waals surface area contributed by atoms with Crippen molar-refractivity contribution in [1.82, 2.24) is 0 Å². The fraction of sp³-hybridized carbons (Fsp3) is 0.649. The van der Waals surface area contributed by atoms with Gasteiger partial charge in [-0.15, -0.1) is 0 Å². The van der Waals surface area contributed by atoms with Gasteiger partial charge < -0.3 is 38.9 Å². The molecule has 7 atom stereocenters. The third-order valence-electron chi connectivity index (χ3n) is 13.4. The maximum absolute atomic E-state index is 14.5. The number of hydrogen-bond donors (Lipinski definition) is 1. The minimum absolute atomic E-state index is 0.116. The van der Waals surface area contributed by atoms with E-state index in [4.69, 9.17) is 38.9 Å². The van der Waals surface area contributed by atoms with Crippen LogP contribution in [0.4, 0.5) is 79.4 Å². The Morgan fingerprint density at radius 2 is 1.06 bits per heavy atom. The molecule has 0 aliphatic rings. The standard InChI is InChI=1S/C57H74F17NO9/c1-11-12-19-37(4)46(84-48(75)77)38(5)42(22-16-15-21-36(3)45(83-34-40-25-28-43(78-9)44(32-40)79-10)35(2)20-14-13-17-30-81-47(76)49(6,7)8)82-33-39-23-26-41(27-24-39)80-31-18-29-50(58,59)51(60,61)52(62,63)53(64,65)54(66,67)55(68,69)56(70,71)57(72,73)74/h12,14-15,19-21,23-28,32,35-38,42,45-46H,11,13,16-18,22,29-31,33-34H2,1-10H3,(H2,75,77)/b19-12-,20-14-,21-15-/t35-,36-,37-,38-,42+,45-,46-/m0/s1. The number of alkyl halides is 17. The van der Waals surface area contributed by atoms with Gasteiger partial charge in [0.1, 0.15) is 11.9 Å². The van der Waals surface area contributed by atoms with E-state index < -0.39 is 96.7 Å². The Labute approximate surface area is 477 Å². The van der Waals surface area contributed by atoms with Crippen molar-refractivity contribution >= 4 is 12.1 Å². The van der Waals surface area contributed by atoms with Crippen molar-refractivity contribution in [1.29, 1.82) is 0 Å². The lowest BCUT2D eigenvalue weighted by Gasteiger charge is -2.42. The van der Waals surface area contributed by atoms with E-state index in [1.54, 1.807) is 33.8 Å². The summed E-state index contributed by atoms with van der Waals surface area (Å²) >= 11 is 0. The molecule has 0 unspecified atom stereocenters. The Morgan fingerprint density at radius 1 is 0.571 bits per heavy atom. The van der Waals surface area contributed by atoms with Gasteiger partial charge in [-0.25, -0.2) is 4.79 Å². The van der Waals surface area contributed by atoms with Crippen LogP contribution in [0.15, 0.2) is 78.9 Å². The Balaban J connectivity index is 2.31. The fourth-order valence-electron chi connectivity index (χ4n) is 8.35.